The van der Waals surface area contributed by atoms with Gasteiger partial charge in [-0.05, 0) is 121 Å². The van der Waals surface area contributed by atoms with E-state index in [1.165, 1.54) is 36.4 Å². The number of hydrogen-bond acceptors (Lipinski definition) is 11. The van der Waals surface area contributed by atoms with Gasteiger partial charge in [0, 0.05) is 41.9 Å². The predicted molar refractivity (Wildman–Crippen MR) is 255 cm³/mol. The van der Waals surface area contributed by atoms with Crippen LogP contribution < -0.4 is 24.3 Å². The summed E-state index contributed by atoms with van der Waals surface area (Å²) in [5.74, 6) is -1.52. The summed E-state index contributed by atoms with van der Waals surface area (Å²) in [6, 6.07) is 34.5. The largest absolute Gasteiger partial charge is 0.489 e. The van der Waals surface area contributed by atoms with Gasteiger partial charge in [-0.25, -0.2) is 8.78 Å². The van der Waals surface area contributed by atoms with Crippen molar-refractivity contribution in [2.75, 3.05) is 6.54 Å². The van der Waals surface area contributed by atoms with Gasteiger partial charge in [-0.1, -0.05) is 48.5 Å². The Kier molecular flexibility index (Phi) is 18.4. The van der Waals surface area contributed by atoms with Gasteiger partial charge in [0.25, 0.3) is 0 Å². The minimum Gasteiger partial charge on any atom is -0.489 e. The fraction of sp³-hybridized carbons (Fsp3) is 0.273. The van der Waals surface area contributed by atoms with Crippen molar-refractivity contribution in [2.45, 2.75) is 91.1 Å². The summed E-state index contributed by atoms with van der Waals surface area (Å²) in [4.78, 5) is 22.1. The lowest BCUT2D eigenvalue weighted by Crippen LogP contribution is -2.28. The molecule has 0 aliphatic carbocycles. The number of nitriles is 2. The first-order chi connectivity index (χ1) is 33.7. The van der Waals surface area contributed by atoms with E-state index in [0.717, 1.165) is 38.9 Å². The number of aliphatic carboxylic acids is 2. The lowest BCUT2D eigenvalue weighted by molar-refractivity contribution is -0.140. The summed E-state index contributed by atoms with van der Waals surface area (Å²) in [5.41, 5.74) is 8.14. The van der Waals surface area contributed by atoms with Crippen LogP contribution >= 0.6 is 0 Å². The van der Waals surface area contributed by atoms with Crippen molar-refractivity contribution in [3.05, 3.63) is 176 Å². The highest BCUT2D eigenvalue weighted by atomic mass is 19.1. The van der Waals surface area contributed by atoms with Gasteiger partial charge in [0.2, 0.25) is 0 Å². The van der Waals surface area contributed by atoms with Crippen molar-refractivity contribution < 1.29 is 57.7 Å². The second-order valence-corrected chi connectivity index (χ2v) is 16.7. The van der Waals surface area contributed by atoms with Crippen molar-refractivity contribution in [1.29, 1.82) is 10.5 Å². The van der Waals surface area contributed by atoms with E-state index in [0.29, 0.717) is 47.0 Å². The van der Waals surface area contributed by atoms with Gasteiger partial charge in [0.05, 0.1) is 48.3 Å². The number of aryl methyl sites for hydroxylation is 1. The number of nitrogens with zero attached hydrogens (tertiary/aromatic N) is 2. The number of carbonyl (C=O) groups is 2. The van der Waals surface area contributed by atoms with E-state index in [2.05, 4.69) is 5.32 Å². The third-order valence-corrected chi connectivity index (χ3v) is 11.7. The molecular weight excluding hydrogens is 901 g/mol. The molecule has 0 aromatic heterocycles. The van der Waals surface area contributed by atoms with E-state index in [1.807, 2.05) is 68.5 Å². The summed E-state index contributed by atoms with van der Waals surface area (Å²) in [5, 5.41) is 59.9. The highest BCUT2D eigenvalue weighted by Gasteiger charge is 2.17. The molecule has 6 rings (SSSR count). The SMILES string of the molecule is Cc1c(COc2ccc(CCC[C@@H](O)CC(=O)O)c(OCc3cc(C#N)ccc3F)c2)cccc1-c1cccc(COc2ccc(CNC[C@@H](O)CC(=O)O)c(OCc3cc(C#N)ccc3F)c2)c1C. The molecule has 13 nitrogen and oxygen atoms in total. The maximum atomic E-state index is 14.7. The summed E-state index contributed by atoms with van der Waals surface area (Å²) < 4.78 is 54.2. The minimum atomic E-state index is -1.12. The van der Waals surface area contributed by atoms with Gasteiger partial charge >= 0.3 is 11.9 Å². The van der Waals surface area contributed by atoms with E-state index in [9.17, 15) is 39.1 Å². The van der Waals surface area contributed by atoms with Crippen LogP contribution in [-0.4, -0.2) is 51.1 Å². The molecule has 0 radical (unpaired) electrons. The molecule has 15 heteroatoms. The van der Waals surface area contributed by atoms with Crippen LogP contribution in [0.1, 0.15) is 81.3 Å². The minimum absolute atomic E-state index is 0.0128. The molecule has 6 aromatic carbocycles. The van der Waals surface area contributed by atoms with Gasteiger partial charge in [-0.3, -0.25) is 9.59 Å². The number of carboxylic acids is 2. The van der Waals surface area contributed by atoms with Crippen molar-refractivity contribution in [3.63, 3.8) is 0 Å². The highest BCUT2D eigenvalue weighted by Crippen LogP contribution is 2.34. The summed E-state index contributed by atoms with van der Waals surface area (Å²) in [7, 11) is 0. The van der Waals surface area contributed by atoms with Crippen LogP contribution in [0, 0.1) is 48.1 Å². The van der Waals surface area contributed by atoms with Crippen LogP contribution in [0.15, 0.2) is 109 Å². The molecule has 0 amide bonds. The van der Waals surface area contributed by atoms with E-state index >= 15 is 0 Å². The first-order valence-corrected chi connectivity index (χ1v) is 22.5. The molecule has 0 fully saturated rings. The second kappa shape index (κ2) is 25.0. The summed E-state index contributed by atoms with van der Waals surface area (Å²) in [6.45, 7) is 4.31. The quantitative estimate of drug-likeness (QED) is 0.0362. The molecule has 6 aromatic rings. The van der Waals surface area contributed by atoms with Gasteiger partial charge in [-0.2, -0.15) is 10.5 Å². The Balaban J connectivity index is 1.16. The Morgan fingerprint density at radius 1 is 0.586 bits per heavy atom. The monoisotopic (exact) mass is 953 g/mol. The average Bonchev–Trinajstić information content (AvgIpc) is 3.33. The molecule has 0 aliphatic rings. The zero-order chi connectivity index (χ0) is 50.2. The number of rotatable bonds is 25. The number of aliphatic hydroxyl groups is 2. The molecule has 0 spiro atoms. The van der Waals surface area contributed by atoms with Crippen LogP contribution in [-0.2, 0) is 49.0 Å². The molecule has 362 valence electrons. The highest BCUT2D eigenvalue weighted by molar-refractivity contribution is 5.72. The fourth-order valence-corrected chi connectivity index (χ4v) is 7.76. The number of ether oxygens (including phenoxy) is 4. The molecule has 0 aliphatic heterocycles. The number of nitrogens with one attached hydrogen (secondary N) is 1. The van der Waals surface area contributed by atoms with E-state index in [-0.39, 0.29) is 69.0 Å². The Hall–Kier alpha value is -7.82. The molecule has 0 saturated carbocycles. The number of aliphatic hydroxyl groups excluding tert-OH is 2. The first-order valence-electron chi connectivity index (χ1n) is 22.5. The third-order valence-electron chi connectivity index (χ3n) is 11.7. The lowest BCUT2D eigenvalue weighted by Gasteiger charge is -2.18. The number of carboxylic acid groups (broad SMARTS) is 2. The first kappa shape index (κ1) is 51.6. The zero-order valence-corrected chi connectivity index (χ0v) is 38.7. The molecule has 0 bridgehead atoms. The summed E-state index contributed by atoms with van der Waals surface area (Å²) in [6.07, 6.45) is -1.70. The summed E-state index contributed by atoms with van der Waals surface area (Å²) >= 11 is 0. The molecule has 0 unspecified atom stereocenters. The van der Waals surface area contributed by atoms with E-state index in [1.54, 1.807) is 30.3 Å². The normalized spacial score (nSPS) is 11.8. The molecule has 0 saturated heterocycles. The van der Waals surface area contributed by atoms with E-state index in [4.69, 9.17) is 29.2 Å². The van der Waals surface area contributed by atoms with Crippen LogP contribution in [0.3, 0.4) is 0 Å². The van der Waals surface area contributed by atoms with Crippen molar-refractivity contribution in [2.24, 2.45) is 0 Å². The van der Waals surface area contributed by atoms with Crippen molar-refractivity contribution >= 4 is 11.9 Å². The Morgan fingerprint density at radius 3 is 1.56 bits per heavy atom. The van der Waals surface area contributed by atoms with Crippen LogP contribution in [0.2, 0.25) is 0 Å². The topological polar surface area (TPSA) is 212 Å². The number of benzene rings is 6. The van der Waals surface area contributed by atoms with Crippen LogP contribution in [0.25, 0.3) is 11.1 Å². The Morgan fingerprint density at radius 2 is 1.06 bits per heavy atom. The fourth-order valence-electron chi connectivity index (χ4n) is 7.76. The Labute approximate surface area is 404 Å². The van der Waals surface area contributed by atoms with Crippen LogP contribution in [0.5, 0.6) is 23.0 Å². The van der Waals surface area contributed by atoms with Crippen molar-refractivity contribution in [1.82, 2.24) is 5.32 Å². The van der Waals surface area contributed by atoms with Crippen LogP contribution in [0.4, 0.5) is 8.78 Å². The molecule has 5 N–H and O–H groups in total. The standard InChI is InChI=1S/C55H53F2N3O10/c1-34-40(30-67-46-16-14-38(6-3-9-44(61)22-54(63)64)52(24-46)69-32-42-20-36(26-58)12-18-50(42)56)7-4-10-48(34)49-11-5-8-41(35(49)2)31-68-47-17-15-39(28-60-29-45(62)23-55(65)66)53(25-47)70-33-43-21-37(27-59)13-19-51(43)57/h4-5,7-8,10-21,24-25,44-45,60-62H,3,6,9,22-23,28-33H2,1-2H3,(H,63,64)(H,65,66)/t44-,45+/m1/s1. The van der Waals surface area contributed by atoms with Gasteiger partial charge in [0.1, 0.15) is 61.1 Å². The lowest BCUT2D eigenvalue weighted by atomic mass is 9.92. The van der Waals surface area contributed by atoms with Gasteiger partial charge in [0.15, 0.2) is 0 Å². The average molecular weight is 954 g/mol. The maximum Gasteiger partial charge on any atom is 0.306 e. The zero-order valence-electron chi connectivity index (χ0n) is 38.7. The van der Waals surface area contributed by atoms with Gasteiger partial charge in [-0.15, -0.1) is 0 Å². The smallest absolute Gasteiger partial charge is 0.306 e. The maximum absolute atomic E-state index is 14.7. The molecule has 2 atom stereocenters. The number of hydrogen-bond donors (Lipinski definition) is 5. The van der Waals surface area contributed by atoms with E-state index < -0.39 is 42.2 Å². The molecular formula is C55H53F2N3O10. The van der Waals surface area contributed by atoms with Gasteiger partial charge < -0.3 is 44.7 Å². The molecule has 70 heavy (non-hydrogen) atoms. The predicted octanol–water partition coefficient (Wildman–Crippen LogP) is 9.39. The van der Waals surface area contributed by atoms with Crippen molar-refractivity contribution in [3.8, 4) is 46.3 Å². The molecule has 0 heterocycles. The Bertz CT molecular complexity index is 2700. The second-order valence-electron chi connectivity index (χ2n) is 16.7. The third kappa shape index (κ3) is 14.6. The number of halogens is 2.